The molecule has 0 aromatic heterocycles. The van der Waals surface area contributed by atoms with Gasteiger partial charge >= 0.3 is 0 Å². The molecule has 0 amide bonds. The first kappa shape index (κ1) is 12.4. The predicted molar refractivity (Wildman–Crippen MR) is 47.0 cm³/mol. The minimum absolute atomic E-state index is 0.826. The highest BCUT2D eigenvalue weighted by Gasteiger charge is 1.95. The van der Waals surface area contributed by atoms with Crippen LogP contribution in [-0.4, -0.2) is 12.2 Å². The first-order valence-corrected chi connectivity index (χ1v) is 3.76. The molecule has 1 heteroatoms. The number of aliphatic hydroxyl groups is 1. The third-order valence-electron chi connectivity index (χ3n) is 1.39. The fraction of sp³-hybridized carbons (Fsp3) is 0.778. The molecule has 0 saturated carbocycles. The molecule has 0 rings (SSSR count). The second kappa shape index (κ2) is 8.70. The molecule has 0 heterocycles. The van der Waals surface area contributed by atoms with Gasteiger partial charge in [-0.2, -0.15) is 0 Å². The quantitative estimate of drug-likeness (QED) is 0.604. The highest BCUT2D eigenvalue weighted by Crippen LogP contribution is 2.11. The summed E-state index contributed by atoms with van der Waals surface area (Å²) in [7, 11) is 1.00. The van der Waals surface area contributed by atoms with E-state index in [0.29, 0.717) is 0 Å². The number of allylic oxidation sites excluding steroid dienone is 1. The summed E-state index contributed by atoms with van der Waals surface area (Å²) in [6.45, 7) is 10.4. The largest absolute Gasteiger partial charge is 0.400 e. The van der Waals surface area contributed by atoms with Crippen molar-refractivity contribution in [2.75, 3.05) is 7.11 Å². The van der Waals surface area contributed by atoms with Gasteiger partial charge in [-0.05, 0) is 19.3 Å². The minimum atomic E-state index is 0.826. The van der Waals surface area contributed by atoms with Gasteiger partial charge in [0, 0.05) is 7.11 Å². The Morgan fingerprint density at radius 3 is 2.00 bits per heavy atom. The van der Waals surface area contributed by atoms with Crippen molar-refractivity contribution in [2.45, 2.75) is 33.6 Å². The summed E-state index contributed by atoms with van der Waals surface area (Å²) < 4.78 is 0. The van der Waals surface area contributed by atoms with Crippen LogP contribution in [0.1, 0.15) is 33.6 Å². The molecule has 1 N–H and O–H groups in total. The molecule has 0 bridgehead atoms. The molecular formula is C9H20O. The van der Waals surface area contributed by atoms with Gasteiger partial charge in [0.2, 0.25) is 0 Å². The third kappa shape index (κ3) is 10.6. The summed E-state index contributed by atoms with van der Waals surface area (Å²) in [6, 6.07) is 0. The SMILES string of the molecule is C=C(C)C[C@H](C)CC.CO. The van der Waals surface area contributed by atoms with Crippen molar-refractivity contribution >= 4 is 0 Å². The molecule has 0 radical (unpaired) electrons. The highest BCUT2D eigenvalue weighted by atomic mass is 16.2. The van der Waals surface area contributed by atoms with Crippen molar-refractivity contribution in [1.29, 1.82) is 0 Å². The van der Waals surface area contributed by atoms with Crippen LogP contribution in [0, 0.1) is 5.92 Å². The summed E-state index contributed by atoms with van der Waals surface area (Å²) in [5.74, 6) is 0.826. The van der Waals surface area contributed by atoms with Crippen LogP contribution in [0.25, 0.3) is 0 Å². The van der Waals surface area contributed by atoms with E-state index in [4.69, 9.17) is 5.11 Å². The minimum Gasteiger partial charge on any atom is -0.400 e. The Morgan fingerprint density at radius 1 is 1.50 bits per heavy atom. The smallest absolute Gasteiger partial charge is 0.0319 e. The van der Waals surface area contributed by atoms with E-state index < -0.39 is 0 Å². The lowest BCUT2D eigenvalue weighted by molar-refractivity contribution is 0.399. The topological polar surface area (TPSA) is 20.2 Å². The maximum atomic E-state index is 7.00. The molecule has 0 saturated heterocycles. The molecule has 0 aliphatic heterocycles. The summed E-state index contributed by atoms with van der Waals surface area (Å²) in [5, 5.41) is 7.00. The third-order valence-corrected chi connectivity index (χ3v) is 1.39. The molecule has 10 heavy (non-hydrogen) atoms. The molecular weight excluding hydrogens is 124 g/mol. The second-order valence-electron chi connectivity index (χ2n) is 2.67. The summed E-state index contributed by atoms with van der Waals surface area (Å²) >= 11 is 0. The number of hydrogen-bond donors (Lipinski definition) is 1. The van der Waals surface area contributed by atoms with Crippen LogP contribution in [0.15, 0.2) is 12.2 Å². The molecule has 0 aromatic carbocycles. The molecule has 0 aliphatic rings. The van der Waals surface area contributed by atoms with Gasteiger partial charge in [-0.25, -0.2) is 0 Å². The van der Waals surface area contributed by atoms with Crippen molar-refractivity contribution in [3.63, 3.8) is 0 Å². The Hall–Kier alpha value is -0.300. The normalized spacial score (nSPS) is 11.3. The molecule has 1 nitrogen and oxygen atoms in total. The lowest BCUT2D eigenvalue weighted by Crippen LogP contribution is -1.90. The van der Waals surface area contributed by atoms with E-state index in [-0.39, 0.29) is 0 Å². The average molecular weight is 144 g/mol. The van der Waals surface area contributed by atoms with E-state index in [1.807, 2.05) is 0 Å². The van der Waals surface area contributed by atoms with Crippen molar-refractivity contribution in [1.82, 2.24) is 0 Å². The van der Waals surface area contributed by atoms with E-state index in [0.717, 1.165) is 13.0 Å². The fourth-order valence-corrected chi connectivity index (χ4v) is 0.739. The van der Waals surface area contributed by atoms with Crippen LogP contribution in [0.4, 0.5) is 0 Å². The van der Waals surface area contributed by atoms with Gasteiger partial charge < -0.3 is 5.11 Å². The Kier molecular flexibility index (Phi) is 10.8. The maximum absolute atomic E-state index is 7.00. The standard InChI is InChI=1S/C8H16.CH4O/c1-5-8(4)6-7(2)3;1-2/h8H,2,5-6H2,1,3-4H3;2H,1H3/t8-;/m1./s1. The van der Waals surface area contributed by atoms with Gasteiger partial charge in [-0.1, -0.05) is 25.8 Å². The Balaban J connectivity index is 0. The van der Waals surface area contributed by atoms with E-state index in [1.54, 1.807) is 0 Å². The maximum Gasteiger partial charge on any atom is 0.0319 e. The van der Waals surface area contributed by atoms with Gasteiger partial charge in [0.25, 0.3) is 0 Å². The zero-order chi connectivity index (χ0) is 8.57. The van der Waals surface area contributed by atoms with Gasteiger partial charge in [-0.3, -0.25) is 0 Å². The Morgan fingerprint density at radius 2 is 1.90 bits per heavy atom. The van der Waals surface area contributed by atoms with E-state index in [9.17, 15) is 0 Å². The van der Waals surface area contributed by atoms with Gasteiger partial charge in [-0.15, -0.1) is 6.58 Å². The second-order valence-corrected chi connectivity index (χ2v) is 2.67. The lowest BCUT2D eigenvalue weighted by Gasteiger charge is -2.05. The van der Waals surface area contributed by atoms with Gasteiger partial charge in [0.05, 0.1) is 0 Å². The van der Waals surface area contributed by atoms with Gasteiger partial charge in [0.1, 0.15) is 0 Å². The number of hydrogen-bond acceptors (Lipinski definition) is 1. The Bertz CT molecular complexity index is 76.8. The fourth-order valence-electron chi connectivity index (χ4n) is 0.739. The molecule has 62 valence electrons. The number of rotatable bonds is 3. The van der Waals surface area contributed by atoms with Crippen molar-refractivity contribution in [3.05, 3.63) is 12.2 Å². The van der Waals surface area contributed by atoms with Crippen molar-refractivity contribution in [2.24, 2.45) is 5.92 Å². The van der Waals surface area contributed by atoms with Crippen LogP contribution in [-0.2, 0) is 0 Å². The van der Waals surface area contributed by atoms with Crippen LogP contribution in [0.5, 0.6) is 0 Å². The lowest BCUT2D eigenvalue weighted by atomic mass is 10.0. The van der Waals surface area contributed by atoms with Crippen LogP contribution in [0.2, 0.25) is 0 Å². The van der Waals surface area contributed by atoms with Gasteiger partial charge in [0.15, 0.2) is 0 Å². The van der Waals surface area contributed by atoms with E-state index >= 15 is 0 Å². The molecule has 0 aliphatic carbocycles. The summed E-state index contributed by atoms with van der Waals surface area (Å²) in [6.07, 6.45) is 2.46. The number of aliphatic hydroxyl groups excluding tert-OH is 1. The van der Waals surface area contributed by atoms with Crippen LogP contribution >= 0.6 is 0 Å². The monoisotopic (exact) mass is 144 g/mol. The highest BCUT2D eigenvalue weighted by molar-refractivity contribution is 4.88. The molecule has 0 spiro atoms. The first-order valence-electron chi connectivity index (χ1n) is 3.76. The average Bonchev–Trinajstić information content (AvgIpc) is 1.91. The molecule has 0 fully saturated rings. The van der Waals surface area contributed by atoms with E-state index in [1.165, 1.54) is 18.4 Å². The Labute approximate surface area is 64.8 Å². The molecule has 1 atom stereocenters. The molecule has 0 unspecified atom stereocenters. The zero-order valence-electron chi connectivity index (χ0n) is 7.65. The first-order chi connectivity index (χ1) is 4.66. The van der Waals surface area contributed by atoms with Crippen LogP contribution < -0.4 is 0 Å². The predicted octanol–water partition coefficient (Wildman–Crippen LogP) is 2.61. The van der Waals surface area contributed by atoms with Crippen LogP contribution in [0.3, 0.4) is 0 Å². The summed E-state index contributed by atoms with van der Waals surface area (Å²) in [5.41, 5.74) is 1.30. The van der Waals surface area contributed by atoms with E-state index in [2.05, 4.69) is 27.4 Å². The van der Waals surface area contributed by atoms with Crippen molar-refractivity contribution in [3.8, 4) is 0 Å². The van der Waals surface area contributed by atoms with Crippen molar-refractivity contribution < 1.29 is 5.11 Å². The summed E-state index contributed by atoms with van der Waals surface area (Å²) in [4.78, 5) is 0. The molecule has 0 aromatic rings. The zero-order valence-corrected chi connectivity index (χ0v) is 7.65.